The number of rotatable bonds is 4. The SMILES string of the molecule is CC.CCC1=C(C)C=CC(CCc2ccccc2)CC1. The first kappa shape index (κ1) is 16.8. The van der Waals surface area contributed by atoms with Gasteiger partial charge in [0.15, 0.2) is 0 Å². The van der Waals surface area contributed by atoms with Gasteiger partial charge in [0.25, 0.3) is 0 Å². The molecule has 1 atom stereocenters. The average Bonchev–Trinajstić information content (AvgIpc) is 2.70. The molecule has 0 nitrogen and oxygen atoms in total. The van der Waals surface area contributed by atoms with E-state index in [4.69, 9.17) is 0 Å². The van der Waals surface area contributed by atoms with E-state index in [0.29, 0.717) is 0 Å². The Morgan fingerprint density at radius 2 is 1.80 bits per heavy atom. The number of hydrogen-bond acceptors (Lipinski definition) is 0. The third-order valence-electron chi connectivity index (χ3n) is 4.07. The molecule has 1 aromatic carbocycles. The van der Waals surface area contributed by atoms with Crippen molar-refractivity contribution in [2.45, 2.75) is 59.8 Å². The lowest BCUT2D eigenvalue weighted by Gasteiger charge is -2.11. The highest BCUT2D eigenvalue weighted by Gasteiger charge is 2.11. The summed E-state index contributed by atoms with van der Waals surface area (Å²) in [5.41, 5.74) is 4.61. The van der Waals surface area contributed by atoms with Crippen LogP contribution in [0.25, 0.3) is 0 Å². The maximum atomic E-state index is 2.43. The van der Waals surface area contributed by atoms with Crippen LogP contribution in [-0.2, 0) is 6.42 Å². The van der Waals surface area contributed by atoms with Crippen molar-refractivity contribution in [3.8, 4) is 0 Å². The minimum Gasteiger partial charge on any atom is -0.0811 e. The van der Waals surface area contributed by atoms with Gasteiger partial charge in [0.1, 0.15) is 0 Å². The molecule has 110 valence electrons. The van der Waals surface area contributed by atoms with Gasteiger partial charge in [-0.05, 0) is 50.5 Å². The molecular formula is C20H30. The Kier molecular flexibility index (Phi) is 8.02. The summed E-state index contributed by atoms with van der Waals surface area (Å²) in [5, 5.41) is 0. The smallest absolute Gasteiger partial charge is 0.0224 e. The van der Waals surface area contributed by atoms with Crippen LogP contribution in [0.3, 0.4) is 0 Å². The number of allylic oxidation sites excluding steroid dienone is 4. The molecule has 0 spiro atoms. The second-order valence-corrected chi connectivity index (χ2v) is 5.32. The molecule has 0 amide bonds. The third-order valence-corrected chi connectivity index (χ3v) is 4.07. The molecule has 0 heteroatoms. The van der Waals surface area contributed by atoms with Crippen LogP contribution in [0.1, 0.15) is 58.9 Å². The third kappa shape index (κ3) is 5.36. The topological polar surface area (TPSA) is 0 Å². The zero-order valence-electron chi connectivity index (χ0n) is 13.7. The van der Waals surface area contributed by atoms with Gasteiger partial charge in [-0.1, -0.05) is 74.4 Å². The summed E-state index contributed by atoms with van der Waals surface area (Å²) < 4.78 is 0. The summed E-state index contributed by atoms with van der Waals surface area (Å²) in [6.07, 6.45) is 11.1. The van der Waals surface area contributed by atoms with Gasteiger partial charge in [-0.15, -0.1) is 0 Å². The minimum atomic E-state index is 0.754. The van der Waals surface area contributed by atoms with E-state index in [0.717, 1.165) is 5.92 Å². The van der Waals surface area contributed by atoms with Crippen LogP contribution in [0.4, 0.5) is 0 Å². The van der Waals surface area contributed by atoms with E-state index in [1.165, 1.54) is 43.2 Å². The Morgan fingerprint density at radius 3 is 2.45 bits per heavy atom. The molecular weight excluding hydrogens is 240 g/mol. The summed E-state index contributed by atoms with van der Waals surface area (Å²) in [6.45, 7) is 8.53. The van der Waals surface area contributed by atoms with Gasteiger partial charge >= 0.3 is 0 Å². The van der Waals surface area contributed by atoms with Crippen LogP contribution in [0, 0.1) is 5.92 Å². The molecule has 1 aliphatic rings. The lowest BCUT2D eigenvalue weighted by molar-refractivity contribution is 0.543. The largest absolute Gasteiger partial charge is 0.0811 e. The molecule has 0 N–H and O–H groups in total. The fraction of sp³-hybridized carbons (Fsp3) is 0.500. The van der Waals surface area contributed by atoms with Gasteiger partial charge < -0.3 is 0 Å². The van der Waals surface area contributed by atoms with Crippen molar-refractivity contribution in [2.24, 2.45) is 5.92 Å². The molecule has 0 saturated heterocycles. The Bertz CT molecular complexity index is 423. The number of benzene rings is 1. The molecule has 1 aliphatic carbocycles. The monoisotopic (exact) mass is 270 g/mol. The van der Waals surface area contributed by atoms with E-state index in [1.807, 2.05) is 13.8 Å². The maximum absolute atomic E-state index is 2.43. The Balaban J connectivity index is 0.000000956. The van der Waals surface area contributed by atoms with Crippen molar-refractivity contribution in [1.82, 2.24) is 0 Å². The highest BCUT2D eigenvalue weighted by atomic mass is 14.2. The normalized spacial score (nSPS) is 18.3. The van der Waals surface area contributed by atoms with Gasteiger partial charge in [0, 0.05) is 0 Å². The fourth-order valence-corrected chi connectivity index (χ4v) is 2.74. The van der Waals surface area contributed by atoms with Crippen molar-refractivity contribution >= 4 is 0 Å². The first-order valence-electron chi connectivity index (χ1n) is 8.20. The molecule has 0 bridgehead atoms. The summed E-state index contributed by atoms with van der Waals surface area (Å²) in [4.78, 5) is 0. The summed E-state index contributed by atoms with van der Waals surface area (Å²) in [6, 6.07) is 10.8. The van der Waals surface area contributed by atoms with Crippen molar-refractivity contribution in [3.63, 3.8) is 0 Å². The van der Waals surface area contributed by atoms with E-state index in [-0.39, 0.29) is 0 Å². The minimum absolute atomic E-state index is 0.754. The van der Waals surface area contributed by atoms with Crippen molar-refractivity contribution in [2.75, 3.05) is 0 Å². The van der Waals surface area contributed by atoms with Gasteiger partial charge in [-0.3, -0.25) is 0 Å². The second kappa shape index (κ2) is 9.58. The molecule has 0 heterocycles. The van der Waals surface area contributed by atoms with Crippen LogP contribution < -0.4 is 0 Å². The molecule has 1 unspecified atom stereocenters. The van der Waals surface area contributed by atoms with Crippen LogP contribution in [0.5, 0.6) is 0 Å². The molecule has 0 aromatic heterocycles. The zero-order valence-corrected chi connectivity index (χ0v) is 13.7. The first-order chi connectivity index (χ1) is 9.79. The van der Waals surface area contributed by atoms with Crippen molar-refractivity contribution < 1.29 is 0 Å². The highest BCUT2D eigenvalue weighted by molar-refractivity contribution is 5.26. The fourth-order valence-electron chi connectivity index (χ4n) is 2.74. The first-order valence-corrected chi connectivity index (χ1v) is 8.20. The van der Waals surface area contributed by atoms with Crippen LogP contribution in [0.15, 0.2) is 53.6 Å². The predicted molar refractivity (Wildman–Crippen MR) is 91.0 cm³/mol. The standard InChI is InChI=1S/C18H24.C2H6/c1-3-18-14-13-17(10-9-15(18)2)12-11-16-7-5-4-6-8-16;1-2/h4-10,17H,3,11-14H2,1-2H3;1-2H3. The van der Waals surface area contributed by atoms with Gasteiger partial charge in [-0.25, -0.2) is 0 Å². The number of hydrogen-bond donors (Lipinski definition) is 0. The molecule has 20 heavy (non-hydrogen) atoms. The van der Waals surface area contributed by atoms with Crippen LogP contribution >= 0.6 is 0 Å². The van der Waals surface area contributed by atoms with Crippen LogP contribution in [-0.4, -0.2) is 0 Å². The zero-order chi connectivity index (χ0) is 14.8. The quantitative estimate of drug-likeness (QED) is 0.599. The predicted octanol–water partition coefficient (Wildman–Crippen LogP) is 6.34. The Labute approximate surface area is 125 Å². The van der Waals surface area contributed by atoms with E-state index in [2.05, 4.69) is 56.3 Å². The van der Waals surface area contributed by atoms with Gasteiger partial charge in [0.2, 0.25) is 0 Å². The van der Waals surface area contributed by atoms with Crippen LogP contribution in [0.2, 0.25) is 0 Å². The summed E-state index contributed by atoms with van der Waals surface area (Å²) in [5.74, 6) is 0.754. The number of aryl methyl sites for hydroxylation is 1. The molecule has 0 fully saturated rings. The van der Waals surface area contributed by atoms with Crippen molar-refractivity contribution in [3.05, 3.63) is 59.2 Å². The lowest BCUT2D eigenvalue weighted by atomic mass is 9.94. The van der Waals surface area contributed by atoms with E-state index in [1.54, 1.807) is 5.57 Å². The van der Waals surface area contributed by atoms with E-state index < -0.39 is 0 Å². The molecule has 2 rings (SSSR count). The van der Waals surface area contributed by atoms with E-state index in [9.17, 15) is 0 Å². The molecule has 1 aromatic rings. The lowest BCUT2D eigenvalue weighted by Crippen LogP contribution is -1.99. The van der Waals surface area contributed by atoms with Gasteiger partial charge in [0.05, 0.1) is 0 Å². The second-order valence-electron chi connectivity index (χ2n) is 5.32. The van der Waals surface area contributed by atoms with Crippen molar-refractivity contribution in [1.29, 1.82) is 0 Å². The summed E-state index contributed by atoms with van der Waals surface area (Å²) >= 11 is 0. The summed E-state index contributed by atoms with van der Waals surface area (Å²) in [7, 11) is 0. The molecule has 0 aliphatic heterocycles. The van der Waals surface area contributed by atoms with E-state index >= 15 is 0 Å². The Hall–Kier alpha value is -1.30. The Morgan fingerprint density at radius 1 is 1.10 bits per heavy atom. The van der Waals surface area contributed by atoms with Gasteiger partial charge in [-0.2, -0.15) is 0 Å². The maximum Gasteiger partial charge on any atom is -0.0224 e. The molecule has 0 saturated carbocycles. The highest BCUT2D eigenvalue weighted by Crippen LogP contribution is 2.27. The average molecular weight is 270 g/mol. The molecule has 0 radical (unpaired) electrons.